The number of rotatable bonds is 5. The Kier molecular flexibility index (Phi) is 6.90. The average Bonchev–Trinajstić information content (AvgIpc) is 2.87. The van der Waals surface area contributed by atoms with E-state index in [0.717, 1.165) is 58.8 Å². The van der Waals surface area contributed by atoms with E-state index in [1.807, 2.05) is 11.0 Å². The molecule has 1 N–H and O–H groups in total. The van der Waals surface area contributed by atoms with Crippen LogP contribution in [0.2, 0.25) is 0 Å². The third-order valence-corrected chi connectivity index (χ3v) is 7.44. The average molecular weight is 451 g/mol. The maximum Gasteiger partial charge on any atom is 0.237 e. The minimum absolute atomic E-state index is 0.0296. The minimum atomic E-state index is -0.415. The zero-order chi connectivity index (χ0) is 22.6. The van der Waals surface area contributed by atoms with Crippen LogP contribution in [0.1, 0.15) is 24.8 Å². The lowest BCUT2D eigenvalue weighted by molar-refractivity contribution is -0.140. The van der Waals surface area contributed by atoms with Crippen molar-refractivity contribution in [3.05, 3.63) is 48.0 Å². The first kappa shape index (κ1) is 22.3. The summed E-state index contributed by atoms with van der Waals surface area (Å²) in [5.74, 6) is 0.0680. The number of nitrogens with zero attached hydrogens (tertiary/aromatic N) is 3. The summed E-state index contributed by atoms with van der Waals surface area (Å²) in [5.41, 5.74) is 1.20. The van der Waals surface area contributed by atoms with E-state index in [1.54, 1.807) is 0 Å². The van der Waals surface area contributed by atoms with Gasteiger partial charge in [0.15, 0.2) is 0 Å². The quantitative estimate of drug-likeness (QED) is 0.753. The highest BCUT2D eigenvalue weighted by Gasteiger charge is 2.34. The lowest BCUT2D eigenvalue weighted by Gasteiger charge is -2.41. The number of carbonyl (C=O) groups is 2. The van der Waals surface area contributed by atoms with Gasteiger partial charge in [0, 0.05) is 51.9 Å². The molecule has 0 unspecified atom stereocenters. The second-order valence-electron chi connectivity index (χ2n) is 9.38. The van der Waals surface area contributed by atoms with Crippen molar-refractivity contribution in [1.29, 1.82) is 0 Å². The Morgan fingerprint density at radius 1 is 0.970 bits per heavy atom. The zero-order valence-corrected chi connectivity index (χ0v) is 19.2. The Morgan fingerprint density at radius 3 is 2.55 bits per heavy atom. The van der Waals surface area contributed by atoms with Gasteiger partial charge in [-0.25, -0.2) is 0 Å². The van der Waals surface area contributed by atoms with E-state index < -0.39 is 6.04 Å². The predicted octanol–water partition coefficient (Wildman–Crippen LogP) is 1.85. The molecule has 3 aliphatic heterocycles. The number of nitrogens with one attached hydrogen (secondary N) is 1. The molecule has 3 aliphatic rings. The molecule has 0 aliphatic carbocycles. The summed E-state index contributed by atoms with van der Waals surface area (Å²) in [6.07, 6.45) is 2.25. The molecule has 5 rings (SSSR count). The van der Waals surface area contributed by atoms with Gasteiger partial charge in [-0.05, 0) is 29.2 Å². The first-order valence-corrected chi connectivity index (χ1v) is 12.3. The number of piperazine rings is 1. The highest BCUT2D eigenvalue weighted by Crippen LogP contribution is 2.23. The molecule has 2 aromatic carbocycles. The topological polar surface area (TPSA) is 65.1 Å². The van der Waals surface area contributed by atoms with E-state index in [4.69, 9.17) is 4.74 Å². The standard InChI is InChI=1S/C26H34N4O3/c31-25(29-11-8-22(9-12-29)28-14-16-33-17-15-28)18-24-26(32)27-10-13-30(24)19-21-6-3-5-20-4-1-2-7-23(20)21/h1-7,22,24H,8-19H2,(H,27,32)/t24-/m0/s1. The van der Waals surface area contributed by atoms with Crippen LogP contribution in [-0.4, -0.2) is 91.1 Å². The molecular weight excluding hydrogens is 416 g/mol. The van der Waals surface area contributed by atoms with Crippen LogP contribution in [-0.2, 0) is 20.9 Å². The lowest BCUT2D eigenvalue weighted by atomic mass is 10.00. The predicted molar refractivity (Wildman–Crippen MR) is 128 cm³/mol. The van der Waals surface area contributed by atoms with E-state index in [-0.39, 0.29) is 18.2 Å². The summed E-state index contributed by atoms with van der Waals surface area (Å²) in [6, 6.07) is 14.8. The van der Waals surface area contributed by atoms with Gasteiger partial charge in [0.25, 0.3) is 0 Å². The highest BCUT2D eigenvalue weighted by atomic mass is 16.5. The van der Waals surface area contributed by atoms with Crippen molar-refractivity contribution < 1.29 is 14.3 Å². The molecule has 2 aromatic rings. The number of piperidine rings is 1. The number of likely N-dealkylation sites (tertiary alicyclic amines) is 1. The van der Waals surface area contributed by atoms with Gasteiger partial charge in [-0.15, -0.1) is 0 Å². The number of morpholine rings is 1. The molecule has 7 heteroatoms. The van der Waals surface area contributed by atoms with Gasteiger partial charge in [0.2, 0.25) is 11.8 Å². The Hall–Kier alpha value is -2.48. The molecule has 0 radical (unpaired) electrons. The summed E-state index contributed by atoms with van der Waals surface area (Å²) in [5, 5.41) is 5.38. The summed E-state index contributed by atoms with van der Waals surface area (Å²) >= 11 is 0. The van der Waals surface area contributed by atoms with Gasteiger partial charge >= 0.3 is 0 Å². The van der Waals surface area contributed by atoms with Crippen LogP contribution in [0.25, 0.3) is 10.8 Å². The number of amides is 2. The molecule has 0 saturated carbocycles. The number of hydrogen-bond donors (Lipinski definition) is 1. The second-order valence-corrected chi connectivity index (χ2v) is 9.38. The molecule has 2 amide bonds. The zero-order valence-electron chi connectivity index (χ0n) is 19.2. The summed E-state index contributed by atoms with van der Waals surface area (Å²) in [7, 11) is 0. The van der Waals surface area contributed by atoms with Gasteiger partial charge in [0.1, 0.15) is 0 Å². The SMILES string of the molecule is O=C1NCCN(Cc2cccc3ccccc23)[C@H]1CC(=O)N1CCC(N2CCOCC2)CC1. The Labute approximate surface area is 195 Å². The van der Waals surface area contributed by atoms with Crippen LogP contribution in [0.15, 0.2) is 42.5 Å². The van der Waals surface area contributed by atoms with Crippen LogP contribution < -0.4 is 5.32 Å². The third-order valence-electron chi connectivity index (χ3n) is 7.44. The van der Waals surface area contributed by atoms with Crippen molar-refractivity contribution in [2.45, 2.75) is 37.9 Å². The lowest BCUT2D eigenvalue weighted by Crippen LogP contribution is -2.57. The fourth-order valence-corrected chi connectivity index (χ4v) is 5.54. The van der Waals surface area contributed by atoms with Gasteiger partial charge < -0.3 is 15.0 Å². The van der Waals surface area contributed by atoms with Gasteiger partial charge in [-0.2, -0.15) is 0 Å². The molecule has 3 heterocycles. The number of carbonyl (C=O) groups excluding carboxylic acids is 2. The number of fused-ring (bicyclic) bond motifs is 1. The van der Waals surface area contributed by atoms with Crippen molar-refractivity contribution in [3.8, 4) is 0 Å². The van der Waals surface area contributed by atoms with E-state index >= 15 is 0 Å². The van der Waals surface area contributed by atoms with Crippen LogP contribution in [0.5, 0.6) is 0 Å². The summed E-state index contributed by atoms with van der Waals surface area (Å²) < 4.78 is 5.47. The van der Waals surface area contributed by atoms with E-state index in [1.165, 1.54) is 16.3 Å². The fourth-order valence-electron chi connectivity index (χ4n) is 5.54. The Balaban J connectivity index is 1.22. The van der Waals surface area contributed by atoms with E-state index in [2.05, 4.69) is 51.5 Å². The molecule has 7 nitrogen and oxygen atoms in total. The maximum atomic E-state index is 13.2. The number of benzene rings is 2. The van der Waals surface area contributed by atoms with Gasteiger partial charge in [-0.3, -0.25) is 19.4 Å². The molecule has 176 valence electrons. The molecule has 33 heavy (non-hydrogen) atoms. The first-order valence-electron chi connectivity index (χ1n) is 12.3. The molecule has 0 bridgehead atoms. The van der Waals surface area contributed by atoms with Crippen molar-refractivity contribution in [3.63, 3.8) is 0 Å². The fraction of sp³-hybridized carbons (Fsp3) is 0.538. The second kappa shape index (κ2) is 10.2. The highest BCUT2D eigenvalue weighted by molar-refractivity contribution is 5.89. The van der Waals surface area contributed by atoms with Crippen molar-refractivity contribution in [2.24, 2.45) is 0 Å². The van der Waals surface area contributed by atoms with Crippen LogP contribution in [0, 0.1) is 0 Å². The van der Waals surface area contributed by atoms with Crippen molar-refractivity contribution >= 4 is 22.6 Å². The smallest absolute Gasteiger partial charge is 0.237 e. The van der Waals surface area contributed by atoms with Crippen LogP contribution >= 0.6 is 0 Å². The Bertz CT molecular complexity index is 977. The van der Waals surface area contributed by atoms with Crippen LogP contribution in [0.4, 0.5) is 0 Å². The maximum absolute atomic E-state index is 13.2. The van der Waals surface area contributed by atoms with Crippen molar-refractivity contribution in [1.82, 2.24) is 20.0 Å². The number of hydrogen-bond acceptors (Lipinski definition) is 5. The molecule has 1 atom stereocenters. The molecule has 0 spiro atoms. The summed E-state index contributed by atoms with van der Waals surface area (Å²) in [4.78, 5) is 32.6. The monoisotopic (exact) mass is 450 g/mol. The molecule has 0 aromatic heterocycles. The molecular formula is C26H34N4O3. The third kappa shape index (κ3) is 5.05. The van der Waals surface area contributed by atoms with Crippen LogP contribution in [0.3, 0.4) is 0 Å². The number of ether oxygens (including phenoxy) is 1. The van der Waals surface area contributed by atoms with Crippen molar-refractivity contribution in [2.75, 3.05) is 52.5 Å². The minimum Gasteiger partial charge on any atom is -0.379 e. The molecule has 3 fully saturated rings. The first-order chi connectivity index (χ1) is 16.2. The Morgan fingerprint density at radius 2 is 1.73 bits per heavy atom. The summed E-state index contributed by atoms with van der Waals surface area (Å²) in [6.45, 7) is 7.20. The normalized spacial score (nSPS) is 23.6. The van der Waals surface area contributed by atoms with E-state index in [0.29, 0.717) is 19.1 Å². The van der Waals surface area contributed by atoms with Gasteiger partial charge in [-0.1, -0.05) is 42.5 Å². The largest absolute Gasteiger partial charge is 0.379 e. The van der Waals surface area contributed by atoms with E-state index in [9.17, 15) is 9.59 Å². The van der Waals surface area contributed by atoms with Gasteiger partial charge in [0.05, 0.1) is 25.7 Å². The molecule has 3 saturated heterocycles.